The van der Waals surface area contributed by atoms with E-state index in [9.17, 15) is 14.9 Å². The van der Waals surface area contributed by atoms with Crippen molar-refractivity contribution in [1.82, 2.24) is 0 Å². The number of hydrogen-bond acceptors (Lipinski definition) is 4. The highest BCUT2D eigenvalue weighted by Crippen LogP contribution is 2.31. The number of carbonyl (C=O) groups excluding carboxylic acids is 1. The van der Waals surface area contributed by atoms with E-state index in [0.29, 0.717) is 12.0 Å². The number of hydrogen-bond donors (Lipinski definition) is 0. The van der Waals surface area contributed by atoms with E-state index in [1.807, 2.05) is 84.9 Å². The number of non-ortho nitro benzene ring substituents is 1. The third kappa shape index (κ3) is 4.73. The Morgan fingerprint density at radius 2 is 1.46 bits per heavy atom. The number of anilines is 1. The maximum atomic E-state index is 14.0. The van der Waals surface area contributed by atoms with Gasteiger partial charge in [-0.25, -0.2) is 0 Å². The molecule has 0 saturated heterocycles. The van der Waals surface area contributed by atoms with Gasteiger partial charge in [-0.1, -0.05) is 91.0 Å². The van der Waals surface area contributed by atoms with Gasteiger partial charge in [-0.15, -0.1) is 0 Å². The number of fused-ring (bicyclic) bond motifs is 1. The molecule has 0 saturated carbocycles. The second-order valence-electron chi connectivity index (χ2n) is 8.42. The second-order valence-corrected chi connectivity index (χ2v) is 8.42. The summed E-state index contributed by atoms with van der Waals surface area (Å²) in [4.78, 5) is 31.6. The van der Waals surface area contributed by atoms with Gasteiger partial charge < -0.3 is 4.90 Å². The summed E-state index contributed by atoms with van der Waals surface area (Å²) in [5, 5.41) is 11.3. The van der Waals surface area contributed by atoms with Gasteiger partial charge in [-0.05, 0) is 17.2 Å². The van der Waals surface area contributed by atoms with Gasteiger partial charge >= 0.3 is 0 Å². The first-order chi connectivity index (χ1) is 17.1. The van der Waals surface area contributed by atoms with E-state index in [0.717, 1.165) is 28.1 Å². The highest BCUT2D eigenvalue weighted by molar-refractivity contribution is 6.20. The zero-order valence-electron chi connectivity index (χ0n) is 19.0. The lowest BCUT2D eigenvalue weighted by Crippen LogP contribution is -2.38. The predicted molar refractivity (Wildman–Crippen MR) is 137 cm³/mol. The summed E-state index contributed by atoms with van der Waals surface area (Å²) in [5.74, 6) is -0.140. The summed E-state index contributed by atoms with van der Waals surface area (Å²) in [6.07, 6.45) is 0.454. The van der Waals surface area contributed by atoms with Gasteiger partial charge in [0.1, 0.15) is 6.04 Å². The highest BCUT2D eigenvalue weighted by Gasteiger charge is 2.32. The van der Waals surface area contributed by atoms with Crippen molar-refractivity contribution in [3.63, 3.8) is 0 Å². The van der Waals surface area contributed by atoms with E-state index in [2.05, 4.69) is 0 Å². The Morgan fingerprint density at radius 1 is 0.800 bits per heavy atom. The maximum absolute atomic E-state index is 14.0. The van der Waals surface area contributed by atoms with Crippen molar-refractivity contribution in [2.24, 2.45) is 4.99 Å². The first kappa shape index (κ1) is 22.2. The fourth-order valence-corrected chi connectivity index (χ4v) is 4.40. The molecule has 4 aromatic carbocycles. The van der Waals surface area contributed by atoms with Crippen molar-refractivity contribution in [1.29, 1.82) is 0 Å². The van der Waals surface area contributed by atoms with Crippen LogP contribution in [-0.4, -0.2) is 22.6 Å². The lowest BCUT2D eigenvalue weighted by atomic mass is 10.00. The maximum Gasteiger partial charge on any atom is 0.269 e. The lowest BCUT2D eigenvalue weighted by Gasteiger charge is -2.25. The molecule has 6 heteroatoms. The van der Waals surface area contributed by atoms with Crippen molar-refractivity contribution < 1.29 is 9.72 Å². The van der Waals surface area contributed by atoms with Crippen molar-refractivity contribution in [3.8, 4) is 0 Å². The van der Waals surface area contributed by atoms with Crippen LogP contribution in [0.2, 0.25) is 0 Å². The first-order valence-corrected chi connectivity index (χ1v) is 11.4. The van der Waals surface area contributed by atoms with E-state index in [1.54, 1.807) is 17.0 Å². The SMILES string of the molecule is O=C1[C@H](Cc2ccccc2)N=C(c2ccccc2)c2ccccc2N1Cc1cccc([N+](=O)[O-])c1. The van der Waals surface area contributed by atoms with Gasteiger partial charge in [-0.2, -0.15) is 0 Å². The van der Waals surface area contributed by atoms with E-state index >= 15 is 0 Å². The Labute approximate surface area is 203 Å². The Kier molecular flexibility index (Phi) is 6.18. The van der Waals surface area contributed by atoms with Crippen molar-refractivity contribution in [3.05, 3.63) is 142 Å². The molecule has 4 aromatic rings. The van der Waals surface area contributed by atoms with Gasteiger partial charge in [0.2, 0.25) is 0 Å². The Morgan fingerprint density at radius 3 is 2.20 bits per heavy atom. The van der Waals surface area contributed by atoms with Crippen LogP contribution >= 0.6 is 0 Å². The van der Waals surface area contributed by atoms with Gasteiger partial charge in [0.25, 0.3) is 11.6 Å². The van der Waals surface area contributed by atoms with Gasteiger partial charge in [0, 0.05) is 29.7 Å². The number of benzene rings is 4. The summed E-state index contributed by atoms with van der Waals surface area (Å²) < 4.78 is 0. The van der Waals surface area contributed by atoms with Crippen LogP contribution in [0.5, 0.6) is 0 Å². The molecule has 0 spiro atoms. The molecule has 0 radical (unpaired) electrons. The largest absolute Gasteiger partial charge is 0.305 e. The predicted octanol–water partition coefficient (Wildman–Crippen LogP) is 5.59. The summed E-state index contributed by atoms with van der Waals surface area (Å²) in [6, 6.07) is 33.2. The topological polar surface area (TPSA) is 75.8 Å². The number of carbonyl (C=O) groups is 1. The third-order valence-corrected chi connectivity index (χ3v) is 6.07. The van der Waals surface area contributed by atoms with Crippen LogP contribution in [0.3, 0.4) is 0 Å². The fraction of sp³-hybridized carbons (Fsp3) is 0.103. The summed E-state index contributed by atoms with van der Waals surface area (Å²) in [7, 11) is 0. The van der Waals surface area contributed by atoms with Crippen molar-refractivity contribution in [2.75, 3.05) is 4.90 Å². The molecule has 0 bridgehead atoms. The van der Waals surface area contributed by atoms with Crippen LogP contribution in [0.15, 0.2) is 114 Å². The monoisotopic (exact) mass is 461 g/mol. The molecule has 5 rings (SSSR count). The van der Waals surface area contributed by atoms with Gasteiger partial charge in [-0.3, -0.25) is 19.9 Å². The van der Waals surface area contributed by atoms with Crippen molar-refractivity contribution >= 4 is 23.0 Å². The molecule has 0 aliphatic carbocycles. The highest BCUT2D eigenvalue weighted by atomic mass is 16.6. The van der Waals surface area contributed by atoms with Crippen LogP contribution in [-0.2, 0) is 17.8 Å². The van der Waals surface area contributed by atoms with Crippen LogP contribution < -0.4 is 4.90 Å². The summed E-state index contributed by atoms with van der Waals surface area (Å²) >= 11 is 0. The molecule has 1 aliphatic rings. The molecular formula is C29H23N3O3. The van der Waals surface area contributed by atoms with Crippen molar-refractivity contribution in [2.45, 2.75) is 19.0 Å². The molecule has 0 fully saturated rings. The Hall–Kier alpha value is -4.58. The van der Waals surface area contributed by atoms with Gasteiger partial charge in [0.05, 0.1) is 22.9 Å². The van der Waals surface area contributed by atoms with E-state index in [4.69, 9.17) is 4.99 Å². The third-order valence-electron chi connectivity index (χ3n) is 6.07. The lowest BCUT2D eigenvalue weighted by molar-refractivity contribution is -0.384. The van der Waals surface area contributed by atoms with Crippen LogP contribution in [0.1, 0.15) is 22.3 Å². The molecule has 0 unspecified atom stereocenters. The Balaban J connectivity index is 1.63. The van der Waals surface area contributed by atoms with Gasteiger partial charge in [0.15, 0.2) is 0 Å². The number of benzodiazepines with no additional fused rings is 1. The number of amides is 1. The zero-order chi connectivity index (χ0) is 24.2. The standard InChI is InChI=1S/C29H23N3O3/c33-29-26(19-21-10-3-1-4-11-21)30-28(23-13-5-2-6-14-23)25-16-7-8-17-27(25)31(29)20-22-12-9-15-24(18-22)32(34)35/h1-18,26H,19-20H2/t26-/m0/s1. The smallest absolute Gasteiger partial charge is 0.269 e. The minimum absolute atomic E-state index is 0.000108. The van der Waals surface area contributed by atoms with Crippen LogP contribution in [0.4, 0.5) is 11.4 Å². The van der Waals surface area contributed by atoms with E-state index < -0.39 is 11.0 Å². The van der Waals surface area contributed by atoms with E-state index in [-0.39, 0.29) is 18.1 Å². The average Bonchev–Trinajstić information content (AvgIpc) is 3.01. The molecule has 1 atom stereocenters. The average molecular weight is 462 g/mol. The molecule has 1 amide bonds. The second kappa shape index (κ2) is 9.73. The zero-order valence-corrected chi connectivity index (χ0v) is 19.0. The summed E-state index contributed by atoms with van der Waals surface area (Å²) in [5.41, 5.74) is 4.99. The number of nitro groups is 1. The molecule has 0 N–H and O–H groups in total. The number of aliphatic imine (C=N–C) groups is 1. The molecular weight excluding hydrogens is 438 g/mol. The molecule has 1 aliphatic heterocycles. The fourth-order valence-electron chi connectivity index (χ4n) is 4.40. The van der Waals surface area contributed by atoms with Crippen LogP contribution in [0.25, 0.3) is 0 Å². The molecule has 0 aromatic heterocycles. The minimum Gasteiger partial charge on any atom is -0.305 e. The van der Waals surface area contributed by atoms with Crippen LogP contribution in [0, 0.1) is 10.1 Å². The number of nitrogens with zero attached hydrogens (tertiary/aromatic N) is 3. The molecule has 172 valence electrons. The van der Waals surface area contributed by atoms with E-state index in [1.165, 1.54) is 12.1 Å². The number of para-hydroxylation sites is 1. The molecule has 6 nitrogen and oxygen atoms in total. The quantitative estimate of drug-likeness (QED) is 0.277. The first-order valence-electron chi connectivity index (χ1n) is 11.4. The molecule has 1 heterocycles. The Bertz CT molecular complexity index is 1400. The summed E-state index contributed by atoms with van der Waals surface area (Å²) in [6.45, 7) is 0.209. The molecule has 35 heavy (non-hydrogen) atoms. The number of rotatable bonds is 6. The normalized spacial score (nSPS) is 15.2. The number of nitro benzene ring substituents is 1. The minimum atomic E-state index is -0.640.